The van der Waals surface area contributed by atoms with Crippen LogP contribution >= 0.6 is 7.82 Å². The number of carbonyl (C=O) groups excluding carboxylic acids is 2. The Morgan fingerprint density at radius 2 is 1.69 bits per heavy atom. The number of phosphoric acid groups is 1. The van der Waals surface area contributed by atoms with Crippen LogP contribution in [0, 0.1) is 5.92 Å². The second-order valence-electron chi connectivity index (χ2n) is 7.63. The van der Waals surface area contributed by atoms with Crippen molar-refractivity contribution in [2.45, 2.75) is 89.9 Å². The Balaban J connectivity index is 2.28. The molecule has 0 aromatic carbocycles. The molecule has 0 spiro atoms. The minimum atomic E-state index is -4.66. The monoisotopic (exact) mass is 438 g/mol. The predicted molar refractivity (Wildman–Crippen MR) is 105 cm³/mol. The standard InChI is InChI=1S/C19H35O9P/c1-3-4-5-6-7-8-9-10-11-14(2)13-26-29(24,25)28-18-16(22)17(15(21)12-20)27-19(18)23/h14-15,17-18,20-21H,3-13H2,1-2H3,(H,24,25)/t14?,15?,17-,18?/m1/s1. The normalized spacial score (nSPS) is 23.6. The van der Waals surface area contributed by atoms with E-state index in [0.717, 1.165) is 19.3 Å². The number of unbranched alkanes of at least 4 members (excludes halogenated alkanes) is 7. The molecular weight excluding hydrogens is 403 g/mol. The van der Waals surface area contributed by atoms with E-state index in [4.69, 9.17) is 9.63 Å². The van der Waals surface area contributed by atoms with Gasteiger partial charge in [-0.1, -0.05) is 65.2 Å². The Morgan fingerprint density at radius 3 is 2.28 bits per heavy atom. The number of aliphatic hydroxyl groups is 2. The lowest BCUT2D eigenvalue weighted by Gasteiger charge is -2.17. The summed E-state index contributed by atoms with van der Waals surface area (Å²) in [4.78, 5) is 33.4. The van der Waals surface area contributed by atoms with Gasteiger partial charge in [-0.3, -0.25) is 13.8 Å². The lowest BCUT2D eigenvalue weighted by atomic mass is 10.0. The molecule has 170 valence electrons. The van der Waals surface area contributed by atoms with E-state index in [1.54, 1.807) is 0 Å². The Labute approximate surface area is 172 Å². The fourth-order valence-corrected chi connectivity index (χ4v) is 4.02. The van der Waals surface area contributed by atoms with Gasteiger partial charge in [-0.25, -0.2) is 9.36 Å². The minimum absolute atomic E-state index is 0.00866. The molecule has 4 unspecified atom stereocenters. The summed E-state index contributed by atoms with van der Waals surface area (Å²) < 4.78 is 26.2. The zero-order valence-corrected chi connectivity index (χ0v) is 18.2. The van der Waals surface area contributed by atoms with Crippen molar-refractivity contribution in [2.24, 2.45) is 5.92 Å². The summed E-state index contributed by atoms with van der Waals surface area (Å²) in [5.41, 5.74) is 0. The van der Waals surface area contributed by atoms with Crippen molar-refractivity contribution >= 4 is 19.6 Å². The number of ketones is 1. The highest BCUT2D eigenvalue weighted by atomic mass is 31.2. The molecule has 0 bridgehead atoms. The van der Waals surface area contributed by atoms with Crippen molar-refractivity contribution in [3.63, 3.8) is 0 Å². The molecule has 5 atom stereocenters. The molecule has 1 rings (SSSR count). The molecule has 1 aliphatic heterocycles. The van der Waals surface area contributed by atoms with E-state index in [2.05, 4.69) is 16.2 Å². The van der Waals surface area contributed by atoms with Crippen molar-refractivity contribution in [1.82, 2.24) is 0 Å². The van der Waals surface area contributed by atoms with E-state index in [9.17, 15) is 24.2 Å². The minimum Gasteiger partial charge on any atom is -0.449 e. The number of phosphoric ester groups is 1. The van der Waals surface area contributed by atoms with Gasteiger partial charge in [0.1, 0.15) is 6.10 Å². The van der Waals surface area contributed by atoms with Gasteiger partial charge < -0.3 is 19.8 Å². The van der Waals surface area contributed by atoms with Crippen molar-refractivity contribution in [3.8, 4) is 0 Å². The Bertz CT molecular complexity index is 554. The highest BCUT2D eigenvalue weighted by Crippen LogP contribution is 2.46. The van der Waals surface area contributed by atoms with Gasteiger partial charge in [0.15, 0.2) is 6.10 Å². The first-order valence-electron chi connectivity index (χ1n) is 10.4. The Kier molecular flexibility index (Phi) is 12.2. The number of rotatable bonds is 16. The molecule has 10 heteroatoms. The topological polar surface area (TPSA) is 140 Å². The smallest absolute Gasteiger partial charge is 0.449 e. The third-order valence-electron chi connectivity index (χ3n) is 4.84. The van der Waals surface area contributed by atoms with Gasteiger partial charge >= 0.3 is 13.8 Å². The van der Waals surface area contributed by atoms with Crippen LogP contribution in [0.4, 0.5) is 0 Å². The van der Waals surface area contributed by atoms with Crippen LogP contribution in [0.15, 0.2) is 0 Å². The average Bonchev–Trinajstić information content (AvgIpc) is 2.95. The number of Topliss-reactive ketones (excluding diaryl/α,β-unsaturated/α-hetero) is 1. The van der Waals surface area contributed by atoms with Gasteiger partial charge in [-0.05, 0) is 12.3 Å². The summed E-state index contributed by atoms with van der Waals surface area (Å²) >= 11 is 0. The Hall–Kier alpha value is -0.830. The lowest BCUT2D eigenvalue weighted by Crippen LogP contribution is -2.37. The molecule has 0 aromatic heterocycles. The van der Waals surface area contributed by atoms with E-state index in [0.29, 0.717) is 0 Å². The molecule has 0 aromatic rings. The quantitative estimate of drug-likeness (QED) is 0.143. The van der Waals surface area contributed by atoms with E-state index in [-0.39, 0.29) is 12.5 Å². The van der Waals surface area contributed by atoms with Gasteiger partial charge in [-0.15, -0.1) is 0 Å². The maximum absolute atomic E-state index is 12.1. The van der Waals surface area contributed by atoms with Crippen LogP contribution in [-0.2, 0) is 27.9 Å². The Morgan fingerprint density at radius 1 is 1.10 bits per heavy atom. The second kappa shape index (κ2) is 13.5. The molecule has 0 amide bonds. The zero-order chi connectivity index (χ0) is 21.9. The number of esters is 1. The summed E-state index contributed by atoms with van der Waals surface area (Å²) in [5, 5.41) is 18.3. The first-order valence-corrected chi connectivity index (χ1v) is 11.9. The number of hydrogen-bond acceptors (Lipinski definition) is 8. The molecule has 1 heterocycles. The summed E-state index contributed by atoms with van der Waals surface area (Å²) in [7, 11) is -4.66. The van der Waals surface area contributed by atoms with Gasteiger partial charge in [0, 0.05) is 0 Å². The van der Waals surface area contributed by atoms with E-state index in [1.807, 2.05) is 6.92 Å². The lowest BCUT2D eigenvalue weighted by molar-refractivity contribution is -0.151. The van der Waals surface area contributed by atoms with Gasteiger partial charge in [0.05, 0.1) is 13.2 Å². The van der Waals surface area contributed by atoms with Crippen LogP contribution in [0.5, 0.6) is 0 Å². The van der Waals surface area contributed by atoms with Crippen LogP contribution in [0.2, 0.25) is 0 Å². The highest BCUT2D eigenvalue weighted by molar-refractivity contribution is 7.47. The van der Waals surface area contributed by atoms with Crippen molar-refractivity contribution in [1.29, 1.82) is 0 Å². The highest BCUT2D eigenvalue weighted by Gasteiger charge is 2.50. The molecule has 9 nitrogen and oxygen atoms in total. The maximum Gasteiger partial charge on any atom is 0.473 e. The fourth-order valence-electron chi connectivity index (χ4n) is 3.06. The summed E-state index contributed by atoms with van der Waals surface area (Å²) in [6.07, 6.45) is 5.16. The van der Waals surface area contributed by atoms with Gasteiger partial charge in [-0.2, -0.15) is 0 Å². The van der Waals surface area contributed by atoms with Crippen LogP contribution in [0.25, 0.3) is 0 Å². The molecule has 1 fully saturated rings. The first-order chi connectivity index (χ1) is 13.7. The third-order valence-corrected chi connectivity index (χ3v) is 5.80. The summed E-state index contributed by atoms with van der Waals surface area (Å²) in [5.74, 6) is -2.21. The maximum atomic E-state index is 12.1. The zero-order valence-electron chi connectivity index (χ0n) is 17.3. The SMILES string of the molecule is CCCCCCCCCCC(C)COP(=O)(O)OC1C(=O)O[C@H](C(O)CO)C1=O. The molecule has 29 heavy (non-hydrogen) atoms. The van der Waals surface area contributed by atoms with Gasteiger partial charge in [0.25, 0.3) is 0 Å². The summed E-state index contributed by atoms with van der Waals surface area (Å²) in [6, 6.07) is 0. The second-order valence-corrected chi connectivity index (χ2v) is 9.03. The number of ether oxygens (including phenoxy) is 1. The van der Waals surface area contributed by atoms with Gasteiger partial charge in [0.2, 0.25) is 11.9 Å². The van der Waals surface area contributed by atoms with Crippen molar-refractivity contribution < 1.29 is 43.0 Å². The molecule has 0 radical (unpaired) electrons. The molecule has 0 aliphatic carbocycles. The van der Waals surface area contributed by atoms with Crippen molar-refractivity contribution in [2.75, 3.05) is 13.2 Å². The van der Waals surface area contributed by atoms with Crippen LogP contribution in [0.3, 0.4) is 0 Å². The third kappa shape index (κ3) is 9.68. The number of hydrogen-bond donors (Lipinski definition) is 3. The molecule has 0 saturated carbocycles. The predicted octanol–water partition coefficient (Wildman–Crippen LogP) is 2.50. The van der Waals surface area contributed by atoms with E-state index in [1.165, 1.54) is 38.5 Å². The van der Waals surface area contributed by atoms with E-state index >= 15 is 0 Å². The number of cyclic esters (lactones) is 1. The molecule has 3 N–H and O–H groups in total. The van der Waals surface area contributed by atoms with Crippen molar-refractivity contribution in [3.05, 3.63) is 0 Å². The number of aliphatic hydroxyl groups excluding tert-OH is 2. The van der Waals surface area contributed by atoms with E-state index < -0.39 is 44.5 Å². The largest absolute Gasteiger partial charge is 0.473 e. The van der Waals surface area contributed by atoms with Crippen LogP contribution in [0.1, 0.15) is 71.6 Å². The molecule has 1 aliphatic rings. The fraction of sp³-hybridized carbons (Fsp3) is 0.895. The van der Waals surface area contributed by atoms with Crippen LogP contribution in [-0.4, -0.2) is 58.4 Å². The summed E-state index contributed by atoms with van der Waals surface area (Å²) in [6.45, 7) is 3.21. The molecular formula is C19H35O9P. The first kappa shape index (κ1) is 26.2. The molecule has 1 saturated heterocycles. The van der Waals surface area contributed by atoms with Crippen LogP contribution < -0.4 is 0 Å². The number of carbonyl (C=O) groups is 2. The average molecular weight is 438 g/mol.